The van der Waals surface area contributed by atoms with Crippen LogP contribution < -0.4 is 14.8 Å². The Balaban J connectivity index is 1.99. The molecule has 0 spiro atoms. The van der Waals surface area contributed by atoms with Gasteiger partial charge in [-0.15, -0.1) is 0 Å². The van der Waals surface area contributed by atoms with Crippen LogP contribution in [0.25, 0.3) is 0 Å². The number of anilines is 1. The Morgan fingerprint density at radius 3 is 2.04 bits per heavy atom. The second-order valence-electron chi connectivity index (χ2n) is 7.24. The summed E-state index contributed by atoms with van der Waals surface area (Å²) >= 11 is 0. The first-order valence-corrected chi connectivity index (χ1v) is 9.14. The number of benzene rings is 2. The van der Waals surface area contributed by atoms with Crippen LogP contribution in [-0.4, -0.2) is 18.6 Å². The topological polar surface area (TPSA) is 47.6 Å². The van der Waals surface area contributed by atoms with Gasteiger partial charge in [0.2, 0.25) is 0 Å². The zero-order chi connectivity index (χ0) is 19.2. The summed E-state index contributed by atoms with van der Waals surface area (Å²) in [5, 5.41) is 2.90. The summed E-state index contributed by atoms with van der Waals surface area (Å²) in [6, 6.07) is 15.3. The quantitative estimate of drug-likeness (QED) is 0.744. The van der Waals surface area contributed by atoms with Crippen molar-refractivity contribution in [2.45, 2.75) is 52.6 Å². The van der Waals surface area contributed by atoms with E-state index in [1.807, 2.05) is 62.4 Å². The lowest BCUT2D eigenvalue weighted by molar-refractivity contribution is -0.122. The van der Waals surface area contributed by atoms with E-state index in [2.05, 4.69) is 26.1 Å². The molecule has 1 atom stereocenters. The number of amides is 1. The summed E-state index contributed by atoms with van der Waals surface area (Å²) in [6.07, 6.45) is 0.0474. The zero-order valence-electron chi connectivity index (χ0n) is 16.3. The lowest BCUT2D eigenvalue weighted by atomic mass is 9.87. The third-order valence-electron chi connectivity index (χ3n) is 4.09. The lowest BCUT2D eigenvalue weighted by Crippen LogP contribution is -2.32. The van der Waals surface area contributed by atoms with E-state index in [9.17, 15) is 4.79 Å². The number of hydrogen-bond acceptors (Lipinski definition) is 3. The normalized spacial score (nSPS) is 12.3. The third kappa shape index (κ3) is 5.51. The van der Waals surface area contributed by atoms with Crippen LogP contribution in [0.2, 0.25) is 0 Å². The van der Waals surface area contributed by atoms with Crippen molar-refractivity contribution in [1.29, 1.82) is 0 Å². The minimum atomic E-state index is -0.540. The van der Waals surface area contributed by atoms with Crippen LogP contribution in [0.5, 0.6) is 11.5 Å². The Morgan fingerprint density at radius 1 is 0.962 bits per heavy atom. The van der Waals surface area contributed by atoms with E-state index in [4.69, 9.17) is 9.47 Å². The predicted octanol–water partition coefficient (Wildman–Crippen LogP) is 5.18. The molecule has 1 unspecified atom stereocenters. The maximum Gasteiger partial charge on any atom is 0.265 e. The molecule has 0 heterocycles. The molecule has 0 aromatic heterocycles. The Hall–Kier alpha value is -2.49. The molecule has 0 radical (unpaired) electrons. The number of nitrogens with one attached hydrogen (secondary N) is 1. The van der Waals surface area contributed by atoms with Gasteiger partial charge in [0.1, 0.15) is 11.5 Å². The molecule has 2 aromatic rings. The molecule has 0 aliphatic carbocycles. The van der Waals surface area contributed by atoms with Gasteiger partial charge >= 0.3 is 0 Å². The highest BCUT2D eigenvalue weighted by molar-refractivity contribution is 5.94. The first-order valence-electron chi connectivity index (χ1n) is 9.14. The SMILES string of the molecule is CCOc1ccc(NC(=O)C(CC)Oc2ccc(C(C)(C)C)cc2)cc1. The summed E-state index contributed by atoms with van der Waals surface area (Å²) in [7, 11) is 0. The molecule has 2 aromatic carbocycles. The van der Waals surface area contributed by atoms with E-state index in [0.717, 1.165) is 11.4 Å². The van der Waals surface area contributed by atoms with E-state index >= 15 is 0 Å². The predicted molar refractivity (Wildman–Crippen MR) is 106 cm³/mol. The molecule has 0 saturated carbocycles. The molecular weight excluding hydrogens is 326 g/mol. The fraction of sp³-hybridized carbons (Fsp3) is 0.409. The van der Waals surface area contributed by atoms with Gasteiger partial charge in [0, 0.05) is 5.69 Å². The summed E-state index contributed by atoms with van der Waals surface area (Å²) in [6.45, 7) is 11.0. The standard InChI is InChI=1S/C22H29NO3/c1-6-20(26-19-12-8-16(9-13-19)22(3,4)5)21(24)23-17-10-14-18(15-11-17)25-7-2/h8-15,20H,6-7H2,1-5H3,(H,23,24). The highest BCUT2D eigenvalue weighted by Gasteiger charge is 2.19. The van der Waals surface area contributed by atoms with Crippen LogP contribution in [0.3, 0.4) is 0 Å². The van der Waals surface area contributed by atoms with Gasteiger partial charge in [-0.1, -0.05) is 39.8 Å². The van der Waals surface area contributed by atoms with Crippen LogP contribution in [0, 0.1) is 0 Å². The molecule has 0 fully saturated rings. The molecule has 0 saturated heterocycles. The largest absolute Gasteiger partial charge is 0.494 e. The van der Waals surface area contributed by atoms with Gasteiger partial charge in [0.25, 0.3) is 5.91 Å². The smallest absolute Gasteiger partial charge is 0.265 e. The average molecular weight is 355 g/mol. The van der Waals surface area contributed by atoms with E-state index < -0.39 is 6.10 Å². The third-order valence-corrected chi connectivity index (χ3v) is 4.09. The number of carbonyl (C=O) groups is 1. The number of hydrogen-bond donors (Lipinski definition) is 1. The van der Waals surface area contributed by atoms with Gasteiger partial charge in [-0.05, 0) is 60.7 Å². The molecule has 0 aliphatic rings. The minimum Gasteiger partial charge on any atom is -0.494 e. The highest BCUT2D eigenvalue weighted by Crippen LogP contribution is 2.25. The van der Waals surface area contributed by atoms with Gasteiger partial charge < -0.3 is 14.8 Å². The first kappa shape index (κ1) is 19.8. The van der Waals surface area contributed by atoms with E-state index in [1.165, 1.54) is 5.56 Å². The van der Waals surface area contributed by atoms with Crippen molar-refractivity contribution in [3.05, 3.63) is 54.1 Å². The van der Waals surface area contributed by atoms with Crippen molar-refractivity contribution in [2.75, 3.05) is 11.9 Å². The Morgan fingerprint density at radius 2 is 1.54 bits per heavy atom. The maximum absolute atomic E-state index is 12.5. The van der Waals surface area contributed by atoms with Crippen LogP contribution >= 0.6 is 0 Å². The van der Waals surface area contributed by atoms with Crippen LogP contribution in [-0.2, 0) is 10.2 Å². The van der Waals surface area contributed by atoms with Crippen LogP contribution in [0.15, 0.2) is 48.5 Å². The Bertz CT molecular complexity index is 700. The second-order valence-corrected chi connectivity index (χ2v) is 7.24. The average Bonchev–Trinajstić information content (AvgIpc) is 2.61. The molecule has 140 valence electrons. The molecular formula is C22H29NO3. The fourth-order valence-electron chi connectivity index (χ4n) is 2.54. The van der Waals surface area contributed by atoms with Gasteiger partial charge in [-0.2, -0.15) is 0 Å². The monoisotopic (exact) mass is 355 g/mol. The second kappa shape index (κ2) is 8.75. The summed E-state index contributed by atoms with van der Waals surface area (Å²) in [5.74, 6) is 1.33. The summed E-state index contributed by atoms with van der Waals surface area (Å²) in [5.41, 5.74) is 2.05. The number of ether oxygens (including phenoxy) is 2. The maximum atomic E-state index is 12.5. The van der Waals surface area contributed by atoms with Crippen molar-refractivity contribution < 1.29 is 14.3 Å². The summed E-state index contributed by atoms with van der Waals surface area (Å²) in [4.78, 5) is 12.5. The Kier molecular flexibility index (Phi) is 6.67. The van der Waals surface area contributed by atoms with Crippen molar-refractivity contribution in [3.8, 4) is 11.5 Å². The van der Waals surface area contributed by atoms with Crippen LogP contribution in [0.1, 0.15) is 46.6 Å². The van der Waals surface area contributed by atoms with Crippen LogP contribution in [0.4, 0.5) is 5.69 Å². The number of carbonyl (C=O) groups excluding carboxylic acids is 1. The molecule has 0 aliphatic heterocycles. The molecule has 4 heteroatoms. The molecule has 2 rings (SSSR count). The van der Waals surface area contributed by atoms with Gasteiger partial charge in [0.15, 0.2) is 6.10 Å². The fourth-order valence-corrected chi connectivity index (χ4v) is 2.54. The van der Waals surface area contributed by atoms with E-state index in [1.54, 1.807) is 0 Å². The molecule has 4 nitrogen and oxygen atoms in total. The molecule has 1 amide bonds. The number of rotatable bonds is 7. The van der Waals surface area contributed by atoms with Gasteiger partial charge in [-0.25, -0.2) is 0 Å². The van der Waals surface area contributed by atoms with Crippen molar-refractivity contribution in [2.24, 2.45) is 0 Å². The molecule has 1 N–H and O–H groups in total. The lowest BCUT2D eigenvalue weighted by Gasteiger charge is -2.21. The van der Waals surface area contributed by atoms with Gasteiger partial charge in [0.05, 0.1) is 6.61 Å². The van der Waals surface area contributed by atoms with Crippen molar-refractivity contribution >= 4 is 11.6 Å². The first-order chi connectivity index (χ1) is 12.3. The van der Waals surface area contributed by atoms with E-state index in [0.29, 0.717) is 18.8 Å². The molecule has 0 bridgehead atoms. The Labute approximate surface area is 156 Å². The highest BCUT2D eigenvalue weighted by atomic mass is 16.5. The van der Waals surface area contributed by atoms with Gasteiger partial charge in [-0.3, -0.25) is 4.79 Å². The summed E-state index contributed by atoms with van der Waals surface area (Å²) < 4.78 is 11.3. The van der Waals surface area contributed by atoms with Crippen molar-refractivity contribution in [1.82, 2.24) is 0 Å². The van der Waals surface area contributed by atoms with Crippen molar-refractivity contribution in [3.63, 3.8) is 0 Å². The zero-order valence-corrected chi connectivity index (χ0v) is 16.3. The van der Waals surface area contributed by atoms with E-state index in [-0.39, 0.29) is 11.3 Å². The minimum absolute atomic E-state index is 0.0910. The molecule has 26 heavy (non-hydrogen) atoms.